The number of hydrogen-bond acceptors (Lipinski definition) is 5. The number of ether oxygens (including phenoxy) is 1. The van der Waals surface area contributed by atoms with Crippen molar-refractivity contribution in [3.8, 4) is 6.07 Å². The van der Waals surface area contributed by atoms with E-state index in [4.69, 9.17) is 21.6 Å². The number of anilines is 1. The van der Waals surface area contributed by atoms with Crippen molar-refractivity contribution < 1.29 is 19.1 Å². The topological polar surface area (TPSA) is 108 Å². The number of esters is 1. The van der Waals surface area contributed by atoms with Gasteiger partial charge in [-0.05, 0) is 62.2 Å². The predicted octanol–water partition coefficient (Wildman–Crippen LogP) is 3.13. The number of benzene rings is 2. The molecule has 0 radical (unpaired) electrons. The van der Waals surface area contributed by atoms with Crippen molar-refractivity contribution in [1.82, 2.24) is 5.32 Å². The molecule has 2 aromatic rings. The Hall–Kier alpha value is -3.37. The van der Waals surface area contributed by atoms with Gasteiger partial charge in [0.2, 0.25) is 0 Å². The molecule has 0 bridgehead atoms. The summed E-state index contributed by atoms with van der Waals surface area (Å²) in [6.45, 7) is 4.87. The maximum atomic E-state index is 12.2. The zero-order valence-electron chi connectivity index (χ0n) is 16.2. The first kappa shape index (κ1) is 21.9. The molecule has 0 aliphatic heterocycles. The summed E-state index contributed by atoms with van der Waals surface area (Å²) in [5.41, 5.74) is 3.11. The van der Waals surface area contributed by atoms with Gasteiger partial charge >= 0.3 is 5.97 Å². The summed E-state index contributed by atoms with van der Waals surface area (Å²) in [6, 6.07) is 11.6. The third-order valence-corrected chi connectivity index (χ3v) is 4.51. The molecule has 29 heavy (non-hydrogen) atoms. The molecule has 2 N–H and O–H groups in total. The third-order valence-electron chi connectivity index (χ3n) is 4.20. The van der Waals surface area contributed by atoms with Gasteiger partial charge in [0, 0.05) is 11.3 Å². The van der Waals surface area contributed by atoms with Crippen LogP contribution in [0.2, 0.25) is 5.02 Å². The average Bonchev–Trinajstić information content (AvgIpc) is 2.68. The van der Waals surface area contributed by atoms with Crippen LogP contribution in [0.25, 0.3) is 0 Å². The number of amides is 2. The van der Waals surface area contributed by atoms with E-state index in [9.17, 15) is 14.4 Å². The smallest absolute Gasteiger partial charge is 0.326 e. The van der Waals surface area contributed by atoms with Crippen LogP contribution in [0.1, 0.15) is 34.0 Å². The number of halogens is 1. The molecule has 0 spiro atoms. The van der Waals surface area contributed by atoms with Gasteiger partial charge in [0.05, 0.1) is 10.6 Å². The fourth-order valence-electron chi connectivity index (χ4n) is 2.36. The minimum absolute atomic E-state index is 0.198. The van der Waals surface area contributed by atoms with Gasteiger partial charge < -0.3 is 15.4 Å². The minimum atomic E-state index is -1.09. The predicted molar refractivity (Wildman–Crippen MR) is 109 cm³/mol. The summed E-state index contributed by atoms with van der Waals surface area (Å²) in [6.07, 6.45) is -1.09. The molecule has 0 heterocycles. The number of rotatable bonds is 6. The number of hydrogen-bond donors (Lipinski definition) is 2. The van der Waals surface area contributed by atoms with Crippen molar-refractivity contribution in [2.75, 3.05) is 11.9 Å². The maximum absolute atomic E-state index is 12.2. The van der Waals surface area contributed by atoms with Crippen LogP contribution in [-0.2, 0) is 14.3 Å². The number of nitrogens with one attached hydrogen (secondary N) is 2. The van der Waals surface area contributed by atoms with E-state index in [-0.39, 0.29) is 17.1 Å². The fraction of sp³-hybridized carbons (Fsp3) is 0.238. The Bertz CT molecular complexity index is 998. The van der Waals surface area contributed by atoms with Gasteiger partial charge in [0.15, 0.2) is 6.10 Å². The van der Waals surface area contributed by atoms with Crippen LogP contribution in [0.15, 0.2) is 36.4 Å². The number of carbonyl (C=O) groups is 3. The number of carbonyl (C=O) groups excluding carboxylic acids is 3. The highest BCUT2D eigenvalue weighted by atomic mass is 35.5. The lowest BCUT2D eigenvalue weighted by Crippen LogP contribution is -2.35. The van der Waals surface area contributed by atoms with E-state index in [1.165, 1.54) is 25.1 Å². The number of aryl methyl sites for hydroxylation is 2. The number of nitrogens with zero attached hydrogens (tertiary/aromatic N) is 1. The van der Waals surface area contributed by atoms with Gasteiger partial charge in [0.1, 0.15) is 12.6 Å². The summed E-state index contributed by atoms with van der Waals surface area (Å²) in [4.78, 5) is 36.2. The largest absolute Gasteiger partial charge is 0.451 e. The second kappa shape index (κ2) is 9.71. The van der Waals surface area contributed by atoms with Gasteiger partial charge in [-0.2, -0.15) is 5.26 Å². The van der Waals surface area contributed by atoms with E-state index in [1.54, 1.807) is 12.1 Å². The summed E-state index contributed by atoms with van der Waals surface area (Å²) in [5.74, 6) is -1.73. The van der Waals surface area contributed by atoms with Crippen molar-refractivity contribution in [2.45, 2.75) is 26.9 Å². The van der Waals surface area contributed by atoms with Crippen molar-refractivity contribution in [3.63, 3.8) is 0 Å². The standard InChI is InChI=1S/C21H20ClN3O4/c1-12-4-5-15(8-13(12)2)21(28)24-11-19(26)29-14(3)20(27)25-17-7-6-16(10-23)18(22)9-17/h4-9,14H,11H2,1-3H3,(H,24,28)(H,25,27). The van der Waals surface area contributed by atoms with Crippen molar-refractivity contribution in [3.05, 3.63) is 63.7 Å². The number of nitriles is 1. The molecule has 0 saturated carbocycles. The molecule has 0 fully saturated rings. The SMILES string of the molecule is Cc1ccc(C(=O)NCC(=O)OC(C)C(=O)Nc2ccc(C#N)c(Cl)c2)cc1C. The Morgan fingerprint density at radius 3 is 2.48 bits per heavy atom. The van der Waals surface area contributed by atoms with Crippen molar-refractivity contribution in [1.29, 1.82) is 5.26 Å². The molecular formula is C21H20ClN3O4. The first-order chi connectivity index (χ1) is 13.7. The second-order valence-corrected chi connectivity index (χ2v) is 6.82. The van der Waals surface area contributed by atoms with Gasteiger partial charge in [0.25, 0.3) is 11.8 Å². The highest BCUT2D eigenvalue weighted by Gasteiger charge is 2.19. The van der Waals surface area contributed by atoms with E-state index < -0.39 is 23.9 Å². The monoisotopic (exact) mass is 413 g/mol. The first-order valence-electron chi connectivity index (χ1n) is 8.76. The molecule has 0 aliphatic carbocycles. The van der Waals surface area contributed by atoms with Crippen molar-refractivity contribution >= 4 is 35.1 Å². The molecule has 0 aromatic heterocycles. The normalized spacial score (nSPS) is 11.1. The van der Waals surface area contributed by atoms with Gasteiger partial charge in [-0.3, -0.25) is 14.4 Å². The van der Waals surface area contributed by atoms with E-state index in [0.29, 0.717) is 11.3 Å². The first-order valence-corrected chi connectivity index (χ1v) is 9.14. The van der Waals surface area contributed by atoms with Crippen LogP contribution in [0.5, 0.6) is 0 Å². The fourth-order valence-corrected chi connectivity index (χ4v) is 2.58. The van der Waals surface area contributed by atoms with Crippen LogP contribution >= 0.6 is 11.6 Å². The lowest BCUT2D eigenvalue weighted by atomic mass is 10.1. The summed E-state index contributed by atoms with van der Waals surface area (Å²) >= 11 is 5.92. The molecule has 0 aliphatic rings. The van der Waals surface area contributed by atoms with Crippen LogP contribution in [-0.4, -0.2) is 30.4 Å². The van der Waals surface area contributed by atoms with Gasteiger partial charge in [-0.25, -0.2) is 0 Å². The molecule has 8 heteroatoms. The van der Waals surface area contributed by atoms with E-state index in [2.05, 4.69) is 10.6 Å². The van der Waals surface area contributed by atoms with E-state index in [0.717, 1.165) is 11.1 Å². The molecule has 2 aromatic carbocycles. The van der Waals surface area contributed by atoms with E-state index >= 15 is 0 Å². The molecule has 1 atom stereocenters. The molecular weight excluding hydrogens is 394 g/mol. The van der Waals surface area contributed by atoms with Crippen LogP contribution in [0, 0.1) is 25.2 Å². The minimum Gasteiger partial charge on any atom is -0.451 e. The Kier molecular flexibility index (Phi) is 7.34. The van der Waals surface area contributed by atoms with Crippen LogP contribution in [0.3, 0.4) is 0 Å². The van der Waals surface area contributed by atoms with Gasteiger partial charge in [-0.1, -0.05) is 17.7 Å². The second-order valence-electron chi connectivity index (χ2n) is 6.41. The summed E-state index contributed by atoms with van der Waals surface area (Å²) < 4.78 is 5.04. The Morgan fingerprint density at radius 1 is 1.14 bits per heavy atom. The maximum Gasteiger partial charge on any atom is 0.326 e. The highest BCUT2D eigenvalue weighted by molar-refractivity contribution is 6.32. The lowest BCUT2D eigenvalue weighted by molar-refractivity contribution is -0.152. The lowest BCUT2D eigenvalue weighted by Gasteiger charge is -2.14. The zero-order chi connectivity index (χ0) is 21.6. The average molecular weight is 414 g/mol. The molecule has 0 saturated heterocycles. The summed E-state index contributed by atoms with van der Waals surface area (Å²) in [5, 5.41) is 14.1. The molecule has 1 unspecified atom stereocenters. The van der Waals surface area contributed by atoms with E-state index in [1.807, 2.05) is 26.0 Å². The van der Waals surface area contributed by atoms with Crippen LogP contribution in [0.4, 0.5) is 5.69 Å². The molecule has 7 nitrogen and oxygen atoms in total. The summed E-state index contributed by atoms with van der Waals surface area (Å²) in [7, 11) is 0. The quantitative estimate of drug-likeness (QED) is 0.707. The Labute approximate surface area is 173 Å². The van der Waals surface area contributed by atoms with Crippen molar-refractivity contribution in [2.24, 2.45) is 0 Å². The Morgan fingerprint density at radius 2 is 1.86 bits per heavy atom. The molecule has 150 valence electrons. The Balaban J connectivity index is 1.85. The highest BCUT2D eigenvalue weighted by Crippen LogP contribution is 2.20. The van der Waals surface area contributed by atoms with Gasteiger partial charge in [-0.15, -0.1) is 0 Å². The molecule has 2 amide bonds. The molecule has 2 rings (SSSR count). The zero-order valence-corrected chi connectivity index (χ0v) is 17.0. The third kappa shape index (κ3) is 6.06. The van der Waals surface area contributed by atoms with Crippen LogP contribution < -0.4 is 10.6 Å².